The number of rotatable bonds is 7. The number of ether oxygens (including phenoxy) is 1. The van der Waals surface area contributed by atoms with E-state index in [1.165, 1.54) is 18.2 Å². The van der Waals surface area contributed by atoms with E-state index in [1.807, 2.05) is 0 Å². The van der Waals surface area contributed by atoms with Gasteiger partial charge in [0.05, 0.1) is 5.56 Å². The number of unbranched alkanes of at least 4 members (excludes halogenated alkanes) is 1. The number of hydrogen-bond donors (Lipinski definition) is 1. The van der Waals surface area contributed by atoms with E-state index >= 15 is 0 Å². The van der Waals surface area contributed by atoms with Gasteiger partial charge in [-0.3, -0.25) is 0 Å². The smallest absolute Gasteiger partial charge is 0.419 e. The van der Waals surface area contributed by atoms with Gasteiger partial charge in [0.1, 0.15) is 12.4 Å². The molecule has 0 aliphatic carbocycles. The summed E-state index contributed by atoms with van der Waals surface area (Å²) in [7, 11) is 0. The first-order valence-corrected chi connectivity index (χ1v) is 6.05. The van der Waals surface area contributed by atoms with Crippen LogP contribution in [0.4, 0.5) is 13.2 Å². The molecule has 5 heteroatoms. The van der Waals surface area contributed by atoms with Gasteiger partial charge in [-0.15, -0.1) is 0 Å². The molecule has 0 spiro atoms. The van der Waals surface area contributed by atoms with Crippen LogP contribution in [0, 0.1) is 0 Å². The number of para-hydroxylation sites is 1. The molecule has 0 heterocycles. The summed E-state index contributed by atoms with van der Waals surface area (Å²) >= 11 is 0. The molecule has 0 unspecified atom stereocenters. The van der Waals surface area contributed by atoms with Crippen LogP contribution in [0.1, 0.15) is 25.3 Å². The van der Waals surface area contributed by atoms with Crippen LogP contribution in [-0.4, -0.2) is 19.7 Å². The third kappa shape index (κ3) is 4.96. The molecule has 0 bridgehead atoms. The van der Waals surface area contributed by atoms with Crippen molar-refractivity contribution in [1.29, 1.82) is 0 Å². The molecular formula is C13H18F3NO. The van der Waals surface area contributed by atoms with Crippen molar-refractivity contribution < 1.29 is 17.9 Å². The van der Waals surface area contributed by atoms with Crippen LogP contribution in [0.5, 0.6) is 5.75 Å². The Balaban J connectivity index is 2.43. The Labute approximate surface area is 105 Å². The standard InChI is InChI=1S/C13H18F3NO/c1-2-3-8-17-9-10-18-12-7-5-4-6-11(12)13(14,15)16/h4-7,17H,2-3,8-10H2,1H3. The molecule has 0 saturated heterocycles. The highest BCUT2D eigenvalue weighted by molar-refractivity contribution is 5.35. The highest BCUT2D eigenvalue weighted by atomic mass is 19.4. The first-order chi connectivity index (χ1) is 8.55. The van der Waals surface area contributed by atoms with Gasteiger partial charge < -0.3 is 10.1 Å². The van der Waals surface area contributed by atoms with Crippen LogP contribution in [0.2, 0.25) is 0 Å². The van der Waals surface area contributed by atoms with Crippen molar-refractivity contribution in [3.8, 4) is 5.75 Å². The number of benzene rings is 1. The molecule has 1 rings (SSSR count). The number of hydrogen-bond acceptors (Lipinski definition) is 2. The molecule has 0 radical (unpaired) electrons. The van der Waals surface area contributed by atoms with E-state index in [9.17, 15) is 13.2 Å². The number of alkyl halides is 3. The molecule has 0 aromatic heterocycles. The van der Waals surface area contributed by atoms with E-state index in [4.69, 9.17) is 4.74 Å². The topological polar surface area (TPSA) is 21.3 Å². The van der Waals surface area contributed by atoms with Gasteiger partial charge in [-0.05, 0) is 25.1 Å². The normalized spacial score (nSPS) is 11.6. The summed E-state index contributed by atoms with van der Waals surface area (Å²) in [5.74, 6) is -0.109. The first kappa shape index (κ1) is 14.8. The lowest BCUT2D eigenvalue weighted by atomic mass is 10.2. The van der Waals surface area contributed by atoms with Gasteiger partial charge >= 0.3 is 6.18 Å². The molecule has 0 amide bonds. The first-order valence-electron chi connectivity index (χ1n) is 6.05. The van der Waals surface area contributed by atoms with Gasteiger partial charge in [-0.2, -0.15) is 13.2 Å². The summed E-state index contributed by atoms with van der Waals surface area (Å²) in [6, 6.07) is 5.26. The van der Waals surface area contributed by atoms with E-state index in [0.29, 0.717) is 6.54 Å². The Hall–Kier alpha value is -1.23. The van der Waals surface area contributed by atoms with Crippen LogP contribution in [-0.2, 0) is 6.18 Å². The fraction of sp³-hybridized carbons (Fsp3) is 0.538. The average Bonchev–Trinajstić information content (AvgIpc) is 2.33. The van der Waals surface area contributed by atoms with Gasteiger partial charge in [0.2, 0.25) is 0 Å². The van der Waals surface area contributed by atoms with Crippen LogP contribution in [0.15, 0.2) is 24.3 Å². The van der Waals surface area contributed by atoms with Crippen molar-refractivity contribution in [2.45, 2.75) is 25.9 Å². The molecule has 0 fully saturated rings. The second kappa shape index (κ2) is 7.26. The second-order valence-corrected chi connectivity index (χ2v) is 3.95. The lowest BCUT2D eigenvalue weighted by Gasteiger charge is -2.13. The second-order valence-electron chi connectivity index (χ2n) is 3.95. The van der Waals surface area contributed by atoms with Crippen LogP contribution < -0.4 is 10.1 Å². The maximum absolute atomic E-state index is 12.6. The summed E-state index contributed by atoms with van der Waals surface area (Å²) in [4.78, 5) is 0. The highest BCUT2D eigenvalue weighted by Gasteiger charge is 2.33. The van der Waals surface area contributed by atoms with E-state index in [-0.39, 0.29) is 12.4 Å². The molecule has 2 nitrogen and oxygen atoms in total. The van der Waals surface area contributed by atoms with E-state index in [0.717, 1.165) is 25.5 Å². The van der Waals surface area contributed by atoms with Crippen LogP contribution in [0.3, 0.4) is 0 Å². The Morgan fingerprint density at radius 2 is 1.89 bits per heavy atom. The fourth-order valence-corrected chi connectivity index (χ4v) is 1.49. The molecule has 0 atom stereocenters. The number of nitrogens with one attached hydrogen (secondary N) is 1. The maximum Gasteiger partial charge on any atom is 0.419 e. The Bertz CT molecular complexity index is 352. The fourth-order valence-electron chi connectivity index (χ4n) is 1.49. The summed E-state index contributed by atoms with van der Waals surface area (Å²) in [5, 5.41) is 3.11. The average molecular weight is 261 g/mol. The van der Waals surface area contributed by atoms with E-state index in [1.54, 1.807) is 0 Å². The lowest BCUT2D eigenvalue weighted by molar-refractivity contribution is -0.138. The van der Waals surface area contributed by atoms with Crippen molar-refractivity contribution in [2.24, 2.45) is 0 Å². The summed E-state index contributed by atoms with van der Waals surface area (Å²) < 4.78 is 43.0. The molecule has 102 valence electrons. The molecule has 0 aliphatic rings. The van der Waals surface area contributed by atoms with Gasteiger partial charge in [-0.25, -0.2) is 0 Å². The van der Waals surface area contributed by atoms with Gasteiger partial charge in [0.15, 0.2) is 0 Å². The van der Waals surface area contributed by atoms with Gasteiger partial charge in [-0.1, -0.05) is 25.5 Å². The predicted molar refractivity (Wildman–Crippen MR) is 64.7 cm³/mol. The molecule has 1 aromatic carbocycles. The van der Waals surface area contributed by atoms with Gasteiger partial charge in [0, 0.05) is 6.54 Å². The number of halogens is 3. The van der Waals surface area contributed by atoms with E-state index < -0.39 is 11.7 Å². The van der Waals surface area contributed by atoms with Crippen molar-refractivity contribution in [3.05, 3.63) is 29.8 Å². The molecular weight excluding hydrogens is 243 g/mol. The molecule has 1 N–H and O–H groups in total. The van der Waals surface area contributed by atoms with Crippen molar-refractivity contribution in [2.75, 3.05) is 19.7 Å². The lowest BCUT2D eigenvalue weighted by Crippen LogP contribution is -2.22. The molecule has 0 aliphatic heterocycles. The minimum absolute atomic E-state index is 0.109. The zero-order valence-corrected chi connectivity index (χ0v) is 10.4. The van der Waals surface area contributed by atoms with Gasteiger partial charge in [0.25, 0.3) is 0 Å². The van der Waals surface area contributed by atoms with Crippen LogP contribution in [0.25, 0.3) is 0 Å². The minimum Gasteiger partial charge on any atom is -0.492 e. The summed E-state index contributed by atoms with van der Waals surface area (Å²) in [6.45, 7) is 3.72. The zero-order valence-electron chi connectivity index (χ0n) is 10.4. The predicted octanol–water partition coefficient (Wildman–Crippen LogP) is 3.47. The van der Waals surface area contributed by atoms with Crippen LogP contribution >= 0.6 is 0 Å². The SMILES string of the molecule is CCCCNCCOc1ccccc1C(F)(F)F. The largest absolute Gasteiger partial charge is 0.492 e. The third-order valence-corrected chi connectivity index (χ3v) is 2.44. The summed E-state index contributed by atoms with van der Waals surface area (Å²) in [5.41, 5.74) is -0.724. The Kier molecular flexibility index (Phi) is 5.98. The monoisotopic (exact) mass is 261 g/mol. The van der Waals surface area contributed by atoms with Crippen molar-refractivity contribution in [3.63, 3.8) is 0 Å². The highest BCUT2D eigenvalue weighted by Crippen LogP contribution is 2.35. The third-order valence-electron chi connectivity index (χ3n) is 2.44. The zero-order chi connectivity index (χ0) is 13.4. The molecule has 18 heavy (non-hydrogen) atoms. The minimum atomic E-state index is -4.37. The van der Waals surface area contributed by atoms with Crippen molar-refractivity contribution in [1.82, 2.24) is 5.32 Å². The molecule has 0 saturated carbocycles. The molecule has 1 aromatic rings. The Morgan fingerprint density at radius 3 is 2.56 bits per heavy atom. The maximum atomic E-state index is 12.6. The van der Waals surface area contributed by atoms with Crippen molar-refractivity contribution >= 4 is 0 Å². The summed E-state index contributed by atoms with van der Waals surface area (Å²) in [6.07, 6.45) is -2.23. The Morgan fingerprint density at radius 1 is 1.17 bits per heavy atom. The quantitative estimate of drug-likeness (QED) is 0.759. The van der Waals surface area contributed by atoms with E-state index in [2.05, 4.69) is 12.2 Å².